The Kier molecular flexibility index (Phi) is 6.38. The molecule has 2 aromatic carbocycles. The number of rotatable bonds is 7. The monoisotopic (exact) mass is 427 g/mol. The van der Waals surface area contributed by atoms with Gasteiger partial charge in [0.25, 0.3) is 5.91 Å². The topological polar surface area (TPSA) is 95.6 Å². The van der Waals surface area contributed by atoms with E-state index in [9.17, 15) is 18.0 Å². The molecule has 0 unspecified atom stereocenters. The van der Waals surface area contributed by atoms with Gasteiger partial charge in [-0.2, -0.15) is 4.31 Å². The average molecular weight is 428 g/mol. The van der Waals surface area contributed by atoms with Gasteiger partial charge < -0.3 is 10.6 Å². The number of aryl methyl sites for hydroxylation is 2. The quantitative estimate of drug-likeness (QED) is 0.660. The summed E-state index contributed by atoms with van der Waals surface area (Å²) in [5.74, 6) is -0.595. The van der Waals surface area contributed by atoms with Crippen LogP contribution in [0.25, 0.3) is 0 Å². The van der Waals surface area contributed by atoms with Crippen molar-refractivity contribution >= 4 is 21.8 Å². The number of sulfonamides is 1. The molecule has 0 bridgehead atoms. The summed E-state index contributed by atoms with van der Waals surface area (Å²) in [5, 5.41) is 5.52. The molecule has 1 saturated heterocycles. The van der Waals surface area contributed by atoms with E-state index in [0.717, 1.165) is 22.8 Å². The first-order chi connectivity index (χ1) is 14.2. The molecule has 30 heavy (non-hydrogen) atoms. The van der Waals surface area contributed by atoms with Crippen molar-refractivity contribution in [2.24, 2.45) is 0 Å². The third kappa shape index (κ3) is 4.95. The van der Waals surface area contributed by atoms with Gasteiger partial charge in [-0.3, -0.25) is 9.59 Å². The van der Waals surface area contributed by atoms with E-state index in [1.165, 1.54) is 28.6 Å². The van der Waals surface area contributed by atoms with Crippen LogP contribution in [0.5, 0.6) is 0 Å². The van der Waals surface area contributed by atoms with Crippen LogP contribution in [-0.2, 0) is 21.4 Å². The second kappa shape index (κ2) is 8.81. The molecule has 1 heterocycles. The van der Waals surface area contributed by atoms with Crippen LogP contribution in [0.1, 0.15) is 27.0 Å². The standard InChI is InChI=1S/C22H25N3O4S/c1-4-21(26)24-19-13-25(14-19)30(28,29)20-7-5-18(6-8-20)22(27)23-12-17-10-15(2)9-16(3)11-17/h4-11,19H,1,12-14H2,2-3H3,(H,23,27)(H,24,26). The highest BCUT2D eigenvalue weighted by Gasteiger charge is 2.37. The Morgan fingerprint density at radius 2 is 1.70 bits per heavy atom. The molecule has 1 aliphatic rings. The first kappa shape index (κ1) is 21.7. The van der Waals surface area contributed by atoms with E-state index in [0.29, 0.717) is 12.1 Å². The number of hydrogen-bond donors (Lipinski definition) is 2. The fourth-order valence-electron chi connectivity index (χ4n) is 3.37. The Labute approximate surface area is 176 Å². The maximum Gasteiger partial charge on any atom is 0.251 e. The summed E-state index contributed by atoms with van der Waals surface area (Å²) in [6.45, 7) is 8.19. The lowest BCUT2D eigenvalue weighted by atomic mass is 10.1. The highest BCUT2D eigenvalue weighted by molar-refractivity contribution is 7.89. The number of hydrogen-bond acceptors (Lipinski definition) is 4. The molecule has 1 fully saturated rings. The van der Waals surface area contributed by atoms with Crippen LogP contribution in [0.3, 0.4) is 0 Å². The maximum atomic E-state index is 12.7. The molecule has 0 spiro atoms. The van der Waals surface area contributed by atoms with Crippen molar-refractivity contribution in [3.8, 4) is 0 Å². The van der Waals surface area contributed by atoms with Gasteiger partial charge in [-0.1, -0.05) is 35.9 Å². The van der Waals surface area contributed by atoms with Crippen LogP contribution in [0.15, 0.2) is 60.0 Å². The molecule has 8 heteroatoms. The Morgan fingerprint density at radius 1 is 1.10 bits per heavy atom. The number of carbonyl (C=O) groups excluding carboxylic acids is 2. The number of nitrogens with zero attached hydrogens (tertiary/aromatic N) is 1. The summed E-state index contributed by atoms with van der Waals surface area (Å²) in [5.41, 5.74) is 3.66. The predicted molar refractivity (Wildman–Crippen MR) is 114 cm³/mol. The Bertz CT molecular complexity index is 1050. The van der Waals surface area contributed by atoms with Gasteiger partial charge in [0.2, 0.25) is 15.9 Å². The predicted octanol–water partition coefficient (Wildman–Crippen LogP) is 1.91. The summed E-state index contributed by atoms with van der Waals surface area (Å²) < 4.78 is 26.6. The van der Waals surface area contributed by atoms with Crippen molar-refractivity contribution in [1.29, 1.82) is 0 Å². The van der Waals surface area contributed by atoms with Crippen molar-refractivity contribution in [1.82, 2.24) is 14.9 Å². The molecule has 0 aliphatic carbocycles. The first-order valence-corrected chi connectivity index (χ1v) is 11.0. The third-order valence-electron chi connectivity index (χ3n) is 4.87. The van der Waals surface area contributed by atoms with Crippen LogP contribution in [0.2, 0.25) is 0 Å². The fourth-order valence-corrected chi connectivity index (χ4v) is 4.90. The van der Waals surface area contributed by atoms with Crippen molar-refractivity contribution in [2.45, 2.75) is 31.3 Å². The Morgan fingerprint density at radius 3 is 2.27 bits per heavy atom. The molecule has 0 saturated carbocycles. The lowest BCUT2D eigenvalue weighted by Crippen LogP contribution is -2.60. The Hall–Kier alpha value is -2.97. The van der Waals surface area contributed by atoms with Crippen molar-refractivity contribution in [3.63, 3.8) is 0 Å². The number of benzene rings is 2. The maximum absolute atomic E-state index is 12.7. The smallest absolute Gasteiger partial charge is 0.251 e. The SMILES string of the molecule is C=CC(=O)NC1CN(S(=O)(=O)c2ccc(C(=O)NCc3cc(C)cc(C)c3)cc2)C1. The number of nitrogens with one attached hydrogen (secondary N) is 2. The second-order valence-corrected chi connectivity index (χ2v) is 9.37. The summed E-state index contributed by atoms with van der Waals surface area (Å²) in [4.78, 5) is 23.8. The zero-order valence-electron chi connectivity index (χ0n) is 17.0. The number of carbonyl (C=O) groups is 2. The molecule has 0 radical (unpaired) electrons. The van der Waals surface area contributed by atoms with Crippen molar-refractivity contribution in [3.05, 3.63) is 77.4 Å². The minimum Gasteiger partial charge on any atom is -0.348 e. The fraction of sp³-hybridized carbons (Fsp3) is 0.273. The molecule has 0 atom stereocenters. The normalized spacial score (nSPS) is 14.6. The lowest BCUT2D eigenvalue weighted by Gasteiger charge is -2.38. The zero-order valence-corrected chi connectivity index (χ0v) is 17.8. The molecule has 2 amide bonds. The summed E-state index contributed by atoms with van der Waals surface area (Å²) in [7, 11) is -3.66. The van der Waals surface area contributed by atoms with Gasteiger partial charge in [-0.05, 0) is 49.8 Å². The van der Waals surface area contributed by atoms with Gasteiger partial charge in [0.15, 0.2) is 0 Å². The van der Waals surface area contributed by atoms with Crippen LogP contribution in [0.4, 0.5) is 0 Å². The molecule has 1 aliphatic heterocycles. The first-order valence-electron chi connectivity index (χ1n) is 9.57. The van der Waals surface area contributed by atoms with E-state index in [1.807, 2.05) is 26.0 Å². The number of amides is 2. The van der Waals surface area contributed by atoms with E-state index < -0.39 is 10.0 Å². The molecular formula is C22H25N3O4S. The van der Waals surface area contributed by atoms with Crippen molar-refractivity contribution in [2.75, 3.05) is 13.1 Å². The van der Waals surface area contributed by atoms with Crippen LogP contribution in [-0.4, -0.2) is 43.7 Å². The summed E-state index contributed by atoms with van der Waals surface area (Å²) >= 11 is 0. The van der Waals surface area contributed by atoms with Crippen LogP contribution in [0, 0.1) is 13.8 Å². The van der Waals surface area contributed by atoms with Gasteiger partial charge >= 0.3 is 0 Å². The molecule has 3 rings (SSSR count). The third-order valence-corrected chi connectivity index (χ3v) is 6.71. The van der Waals surface area contributed by atoms with Crippen molar-refractivity contribution < 1.29 is 18.0 Å². The van der Waals surface area contributed by atoms with Gasteiger partial charge in [-0.25, -0.2) is 8.42 Å². The largest absolute Gasteiger partial charge is 0.348 e. The van der Waals surface area contributed by atoms with Crippen LogP contribution < -0.4 is 10.6 Å². The molecule has 158 valence electrons. The summed E-state index contributed by atoms with van der Waals surface area (Å²) in [6, 6.07) is 11.7. The lowest BCUT2D eigenvalue weighted by molar-refractivity contribution is -0.117. The zero-order chi connectivity index (χ0) is 21.9. The highest BCUT2D eigenvalue weighted by Crippen LogP contribution is 2.22. The van der Waals surface area contributed by atoms with Crippen LogP contribution >= 0.6 is 0 Å². The molecular weight excluding hydrogens is 402 g/mol. The van der Waals surface area contributed by atoms with E-state index in [2.05, 4.69) is 23.3 Å². The minimum atomic E-state index is -3.66. The van der Waals surface area contributed by atoms with Gasteiger partial charge in [-0.15, -0.1) is 0 Å². The molecule has 2 N–H and O–H groups in total. The molecule has 0 aromatic heterocycles. The van der Waals surface area contributed by atoms with E-state index in [1.54, 1.807) is 0 Å². The highest BCUT2D eigenvalue weighted by atomic mass is 32.2. The Balaban J connectivity index is 1.59. The van der Waals surface area contributed by atoms with E-state index in [4.69, 9.17) is 0 Å². The van der Waals surface area contributed by atoms with E-state index in [-0.39, 0.29) is 35.8 Å². The van der Waals surface area contributed by atoms with E-state index >= 15 is 0 Å². The minimum absolute atomic E-state index is 0.113. The van der Waals surface area contributed by atoms with Gasteiger partial charge in [0, 0.05) is 25.2 Å². The summed E-state index contributed by atoms with van der Waals surface area (Å²) in [6.07, 6.45) is 1.15. The second-order valence-electron chi connectivity index (χ2n) is 7.43. The molecule has 7 nitrogen and oxygen atoms in total. The molecule has 2 aromatic rings. The average Bonchev–Trinajstić information content (AvgIpc) is 2.67. The van der Waals surface area contributed by atoms with Gasteiger partial charge in [0.1, 0.15) is 0 Å². The van der Waals surface area contributed by atoms with Gasteiger partial charge in [0.05, 0.1) is 10.9 Å².